The Morgan fingerprint density at radius 2 is 1.50 bits per heavy atom. The number of rotatable bonds is 18. The van der Waals surface area contributed by atoms with Crippen molar-refractivity contribution in [3.8, 4) is 5.75 Å². The predicted octanol–water partition coefficient (Wildman–Crippen LogP) is 5.58. The minimum absolute atomic E-state index is 0.321. The fourth-order valence-electron chi connectivity index (χ4n) is 4.04. The molecule has 0 radical (unpaired) electrons. The van der Waals surface area contributed by atoms with Gasteiger partial charge in [0, 0.05) is 31.3 Å². The zero-order chi connectivity index (χ0) is 27.8. The lowest BCUT2D eigenvalue weighted by molar-refractivity contribution is -0.131. The number of fused-ring (bicyclic) bond motifs is 1. The van der Waals surface area contributed by atoms with Gasteiger partial charge in [-0.15, -0.1) is 0 Å². The molecule has 0 bridgehead atoms. The Morgan fingerprint density at radius 1 is 0.895 bits per heavy atom. The molecule has 1 unspecified atom stereocenters. The van der Waals surface area contributed by atoms with Gasteiger partial charge in [0.05, 0.1) is 18.9 Å². The standard InChI is InChI=1S/C28H41NO8Si/c1-5-35-38(36-6-2,37-7-3)22(4)29-28(32)34-21-13-9-8-12-20-33-26-18-16-23(17-19-27(30)31)24-14-10-11-15-25(24)26/h10-11,14-19,22H,5-9,12-13,20-21H2,1-4H3,(H,29,32)(H,30,31)/b19-17+. The zero-order valence-corrected chi connectivity index (χ0v) is 23.9. The van der Waals surface area contributed by atoms with E-state index in [-0.39, 0.29) is 0 Å². The lowest BCUT2D eigenvalue weighted by Crippen LogP contribution is -2.61. The highest BCUT2D eigenvalue weighted by molar-refractivity contribution is 6.62. The summed E-state index contributed by atoms with van der Waals surface area (Å²) in [6.45, 7) is 9.61. The van der Waals surface area contributed by atoms with Gasteiger partial charge >= 0.3 is 20.9 Å². The van der Waals surface area contributed by atoms with Gasteiger partial charge in [-0.1, -0.05) is 30.3 Å². The molecular weight excluding hydrogens is 506 g/mol. The van der Waals surface area contributed by atoms with Crippen LogP contribution in [0.15, 0.2) is 42.5 Å². The largest absolute Gasteiger partial charge is 0.524 e. The number of alkyl carbamates (subject to hydrolysis) is 1. The van der Waals surface area contributed by atoms with Crippen molar-refractivity contribution in [2.45, 2.75) is 59.0 Å². The smallest absolute Gasteiger partial charge is 0.493 e. The quantitative estimate of drug-likeness (QED) is 0.141. The Hall–Kier alpha value is -2.92. The molecule has 0 aromatic heterocycles. The minimum atomic E-state index is -3.04. The number of carboxylic acids is 1. The van der Waals surface area contributed by atoms with Gasteiger partial charge in [0.2, 0.25) is 0 Å². The monoisotopic (exact) mass is 547 g/mol. The van der Waals surface area contributed by atoms with Crippen LogP contribution in [0.2, 0.25) is 0 Å². The van der Waals surface area contributed by atoms with Crippen molar-refractivity contribution in [3.63, 3.8) is 0 Å². The maximum Gasteiger partial charge on any atom is 0.524 e. The Balaban J connectivity index is 1.72. The molecule has 0 saturated carbocycles. The third-order valence-electron chi connectivity index (χ3n) is 5.75. The molecule has 0 saturated heterocycles. The number of aliphatic carboxylic acids is 1. The average molecular weight is 548 g/mol. The Bertz CT molecular complexity index is 1030. The Morgan fingerprint density at radius 3 is 2.11 bits per heavy atom. The van der Waals surface area contributed by atoms with Crippen LogP contribution in [0, 0.1) is 0 Å². The number of ether oxygens (including phenoxy) is 2. The molecule has 0 aliphatic rings. The summed E-state index contributed by atoms with van der Waals surface area (Å²) in [6.07, 6.45) is 5.67. The van der Waals surface area contributed by atoms with Gasteiger partial charge < -0.3 is 33.2 Å². The zero-order valence-electron chi connectivity index (χ0n) is 22.9. The van der Waals surface area contributed by atoms with Crippen LogP contribution < -0.4 is 10.1 Å². The molecule has 2 N–H and O–H groups in total. The molecule has 9 nitrogen and oxygen atoms in total. The number of carboxylic acid groups (broad SMARTS) is 1. The van der Waals surface area contributed by atoms with Crippen LogP contribution in [0.25, 0.3) is 16.8 Å². The third-order valence-corrected chi connectivity index (χ3v) is 9.03. The van der Waals surface area contributed by atoms with E-state index in [1.165, 1.54) is 0 Å². The SMILES string of the molecule is CCO[Si](OCC)(OCC)C(C)NC(=O)OCCCCCCOc1ccc(/C=C/C(=O)O)c2ccccc12. The summed E-state index contributed by atoms with van der Waals surface area (Å²) in [7, 11) is -3.04. The van der Waals surface area contributed by atoms with E-state index in [1.807, 2.05) is 64.1 Å². The second-order valence-corrected chi connectivity index (χ2v) is 11.5. The van der Waals surface area contributed by atoms with Gasteiger partial charge in [-0.2, -0.15) is 0 Å². The number of nitrogens with one attached hydrogen (secondary N) is 1. The van der Waals surface area contributed by atoms with E-state index in [0.717, 1.165) is 53.8 Å². The van der Waals surface area contributed by atoms with Crippen LogP contribution in [0.4, 0.5) is 4.79 Å². The van der Waals surface area contributed by atoms with Crippen LogP contribution >= 0.6 is 0 Å². The second kappa shape index (κ2) is 16.8. The van der Waals surface area contributed by atoms with Crippen molar-refractivity contribution in [1.29, 1.82) is 0 Å². The molecule has 210 valence electrons. The molecule has 0 heterocycles. The van der Waals surface area contributed by atoms with E-state index in [4.69, 9.17) is 27.9 Å². The van der Waals surface area contributed by atoms with Gasteiger partial charge in [0.15, 0.2) is 0 Å². The summed E-state index contributed by atoms with van der Waals surface area (Å²) in [5, 5.41) is 13.6. The highest BCUT2D eigenvalue weighted by atomic mass is 28.4. The number of amides is 1. The lowest BCUT2D eigenvalue weighted by atomic mass is 10.0. The number of carbonyl (C=O) groups excluding carboxylic acids is 1. The molecule has 2 aromatic rings. The van der Waals surface area contributed by atoms with Crippen molar-refractivity contribution in [1.82, 2.24) is 5.32 Å². The number of carbonyl (C=O) groups is 2. The third kappa shape index (κ3) is 9.75. The number of hydrogen-bond acceptors (Lipinski definition) is 7. The normalized spacial score (nSPS) is 12.5. The Labute approximate surface area is 226 Å². The number of hydrogen-bond donors (Lipinski definition) is 2. The van der Waals surface area contributed by atoms with E-state index >= 15 is 0 Å². The predicted molar refractivity (Wildman–Crippen MR) is 149 cm³/mol. The lowest BCUT2D eigenvalue weighted by Gasteiger charge is -2.33. The van der Waals surface area contributed by atoms with E-state index < -0.39 is 26.5 Å². The first-order valence-electron chi connectivity index (χ1n) is 13.3. The van der Waals surface area contributed by atoms with E-state index in [1.54, 1.807) is 6.08 Å². The molecule has 1 atom stereocenters. The van der Waals surface area contributed by atoms with E-state index in [9.17, 15) is 9.59 Å². The van der Waals surface area contributed by atoms with Gasteiger partial charge in [0.25, 0.3) is 0 Å². The molecule has 38 heavy (non-hydrogen) atoms. The van der Waals surface area contributed by atoms with E-state index in [0.29, 0.717) is 33.0 Å². The van der Waals surface area contributed by atoms with Crippen molar-refractivity contribution >= 4 is 37.7 Å². The molecule has 10 heteroatoms. The molecular formula is C28H41NO8Si. The fourth-order valence-corrected chi connectivity index (χ4v) is 6.54. The molecule has 2 aromatic carbocycles. The first-order valence-corrected chi connectivity index (χ1v) is 15.1. The van der Waals surface area contributed by atoms with Gasteiger partial charge in [0.1, 0.15) is 5.75 Å². The first kappa shape index (κ1) is 31.3. The summed E-state index contributed by atoms with van der Waals surface area (Å²) in [4.78, 5) is 23.1. The first-order chi connectivity index (χ1) is 18.4. The average Bonchev–Trinajstić information content (AvgIpc) is 2.89. The van der Waals surface area contributed by atoms with Crippen LogP contribution in [0.5, 0.6) is 5.75 Å². The van der Waals surface area contributed by atoms with Gasteiger partial charge in [-0.25, -0.2) is 9.59 Å². The maximum absolute atomic E-state index is 12.3. The fraction of sp³-hybridized carbons (Fsp3) is 0.500. The van der Waals surface area contributed by atoms with Crippen molar-refractivity contribution < 1.29 is 37.4 Å². The minimum Gasteiger partial charge on any atom is -0.493 e. The summed E-state index contributed by atoms with van der Waals surface area (Å²) >= 11 is 0. The number of benzene rings is 2. The molecule has 0 spiro atoms. The summed E-state index contributed by atoms with van der Waals surface area (Å²) < 4.78 is 28.8. The molecule has 1 amide bonds. The van der Waals surface area contributed by atoms with Crippen molar-refractivity contribution in [2.24, 2.45) is 0 Å². The number of unbranched alkanes of at least 4 members (excludes halogenated alkanes) is 3. The van der Waals surface area contributed by atoms with Gasteiger partial charge in [-0.05, 0) is 76.5 Å². The topological polar surface area (TPSA) is 113 Å². The molecule has 0 aliphatic heterocycles. The summed E-state index contributed by atoms with van der Waals surface area (Å²) in [6, 6.07) is 11.5. The molecule has 0 fully saturated rings. The molecule has 2 rings (SSSR count). The molecule has 0 aliphatic carbocycles. The Kier molecular flexibility index (Phi) is 13.9. The van der Waals surface area contributed by atoms with Crippen molar-refractivity contribution in [2.75, 3.05) is 33.0 Å². The van der Waals surface area contributed by atoms with Crippen LogP contribution in [0.1, 0.15) is 58.9 Å². The highest BCUT2D eigenvalue weighted by Gasteiger charge is 2.48. The second-order valence-electron chi connectivity index (χ2n) is 8.54. The van der Waals surface area contributed by atoms with Crippen LogP contribution in [-0.4, -0.2) is 64.7 Å². The maximum atomic E-state index is 12.3. The van der Waals surface area contributed by atoms with Crippen LogP contribution in [0.3, 0.4) is 0 Å². The van der Waals surface area contributed by atoms with Crippen LogP contribution in [-0.2, 0) is 22.8 Å². The van der Waals surface area contributed by atoms with Gasteiger partial charge in [-0.3, -0.25) is 0 Å². The summed E-state index contributed by atoms with van der Waals surface area (Å²) in [5.74, 6) is -0.212. The van der Waals surface area contributed by atoms with Crippen molar-refractivity contribution in [3.05, 3.63) is 48.0 Å². The van der Waals surface area contributed by atoms with E-state index in [2.05, 4.69) is 5.32 Å². The highest BCUT2D eigenvalue weighted by Crippen LogP contribution is 2.29. The summed E-state index contributed by atoms with van der Waals surface area (Å²) in [5.41, 5.74) is 0.404.